The van der Waals surface area contributed by atoms with Crippen molar-refractivity contribution in [1.82, 2.24) is 0 Å². The van der Waals surface area contributed by atoms with Gasteiger partial charge in [-0.25, -0.2) is 0 Å². The molecule has 0 unspecified atom stereocenters. The first-order valence-electron chi connectivity index (χ1n) is 5.96. The molecule has 1 aliphatic carbocycles. The molecule has 2 rings (SSSR count). The Kier molecular flexibility index (Phi) is 3.27. The lowest BCUT2D eigenvalue weighted by Gasteiger charge is -2.39. The fraction of sp³-hybridized carbons (Fsp3) is 0.769. The number of esters is 1. The molecule has 3 atom stereocenters. The molecule has 0 radical (unpaired) electrons. The monoisotopic (exact) mass is 240 g/mol. The highest BCUT2D eigenvalue weighted by Crippen LogP contribution is 2.53. The van der Waals surface area contributed by atoms with Crippen molar-refractivity contribution in [2.24, 2.45) is 11.3 Å². The maximum atomic E-state index is 11.9. The van der Waals surface area contributed by atoms with Crippen LogP contribution in [0.3, 0.4) is 0 Å². The number of hydrogen-bond donors (Lipinski definition) is 0. The summed E-state index contributed by atoms with van der Waals surface area (Å²) in [6.07, 6.45) is 2.06. The second-order valence-corrected chi connectivity index (χ2v) is 5.17. The van der Waals surface area contributed by atoms with Gasteiger partial charge in [-0.15, -0.1) is 0 Å². The zero-order chi connectivity index (χ0) is 12.6. The first-order valence-corrected chi connectivity index (χ1v) is 5.96. The van der Waals surface area contributed by atoms with Crippen LogP contribution < -0.4 is 0 Å². The normalized spacial score (nSPS) is 36.5. The summed E-state index contributed by atoms with van der Waals surface area (Å²) in [7, 11) is 3.22. The molecule has 1 saturated carbocycles. The molecule has 0 spiro atoms. The summed E-state index contributed by atoms with van der Waals surface area (Å²) >= 11 is 0. The van der Waals surface area contributed by atoms with Crippen LogP contribution in [0.4, 0.5) is 0 Å². The molecule has 0 amide bonds. The lowest BCUT2D eigenvalue weighted by atomic mass is 9.64. The van der Waals surface area contributed by atoms with Gasteiger partial charge in [0.2, 0.25) is 0 Å². The molecule has 1 aliphatic heterocycles. The van der Waals surface area contributed by atoms with Gasteiger partial charge in [-0.2, -0.15) is 0 Å². The number of ether oxygens (including phenoxy) is 3. The molecule has 0 aromatic heterocycles. The Bertz CT molecular complexity index is 326. The summed E-state index contributed by atoms with van der Waals surface area (Å²) in [6.45, 7) is 6.09. The molecule has 2 bridgehead atoms. The lowest BCUT2D eigenvalue weighted by Crippen LogP contribution is -2.41. The van der Waals surface area contributed by atoms with E-state index in [-0.39, 0.29) is 29.7 Å². The average molecular weight is 240 g/mol. The van der Waals surface area contributed by atoms with E-state index < -0.39 is 0 Å². The van der Waals surface area contributed by atoms with Crippen molar-refractivity contribution in [2.45, 2.75) is 38.6 Å². The lowest BCUT2D eigenvalue weighted by molar-refractivity contribution is -0.144. The van der Waals surface area contributed by atoms with Crippen molar-refractivity contribution in [2.75, 3.05) is 14.2 Å². The predicted molar refractivity (Wildman–Crippen MR) is 62.3 cm³/mol. The maximum Gasteiger partial charge on any atom is 0.314 e. The van der Waals surface area contributed by atoms with Crippen molar-refractivity contribution >= 4 is 5.97 Å². The van der Waals surface area contributed by atoms with Gasteiger partial charge in [0.15, 0.2) is 6.29 Å². The van der Waals surface area contributed by atoms with Crippen molar-refractivity contribution in [3.63, 3.8) is 0 Å². The van der Waals surface area contributed by atoms with Gasteiger partial charge in [0.1, 0.15) is 6.10 Å². The van der Waals surface area contributed by atoms with Gasteiger partial charge >= 0.3 is 5.97 Å². The van der Waals surface area contributed by atoms with Crippen LogP contribution in [0.5, 0.6) is 0 Å². The Hall–Kier alpha value is -0.870. The van der Waals surface area contributed by atoms with Crippen LogP contribution >= 0.6 is 0 Å². The van der Waals surface area contributed by atoms with Crippen molar-refractivity contribution < 1.29 is 19.0 Å². The Morgan fingerprint density at radius 1 is 1.53 bits per heavy atom. The van der Waals surface area contributed by atoms with E-state index in [1.165, 1.54) is 0 Å². The molecular weight excluding hydrogens is 220 g/mol. The third-order valence-electron chi connectivity index (χ3n) is 4.16. The molecule has 1 saturated heterocycles. The van der Waals surface area contributed by atoms with E-state index in [0.29, 0.717) is 6.42 Å². The van der Waals surface area contributed by atoms with E-state index in [9.17, 15) is 4.79 Å². The quantitative estimate of drug-likeness (QED) is 0.427. The van der Waals surface area contributed by atoms with Crippen LogP contribution in [0.25, 0.3) is 0 Å². The first kappa shape index (κ1) is 12.6. The van der Waals surface area contributed by atoms with Gasteiger partial charge in [0.25, 0.3) is 0 Å². The highest BCUT2D eigenvalue weighted by molar-refractivity contribution is 5.80. The third kappa shape index (κ3) is 1.89. The molecule has 0 aromatic carbocycles. The second-order valence-electron chi connectivity index (χ2n) is 5.17. The minimum atomic E-state index is -0.301. The number of hydrogen-bond acceptors (Lipinski definition) is 4. The van der Waals surface area contributed by atoms with E-state index in [2.05, 4.69) is 13.5 Å². The summed E-state index contributed by atoms with van der Waals surface area (Å²) in [4.78, 5) is 11.9. The standard InChI is InChI=1S/C13H20O4/c1-8-5-6-9-13(2,7-10(15-3)16-4)11(8)12(14)17-9/h9-11H,1,5-7H2,2-4H3/t9-,11-,13+/m0/s1. The smallest absolute Gasteiger partial charge is 0.314 e. The van der Waals surface area contributed by atoms with Crippen LogP contribution in [0.2, 0.25) is 0 Å². The number of fused-ring (bicyclic) bond motifs is 2. The number of methoxy groups -OCH3 is 2. The van der Waals surface area contributed by atoms with Crippen LogP contribution in [0, 0.1) is 11.3 Å². The zero-order valence-corrected chi connectivity index (χ0v) is 10.7. The number of rotatable bonds is 4. The number of carbonyl (C=O) groups is 1. The van der Waals surface area contributed by atoms with Gasteiger partial charge in [0.05, 0.1) is 5.92 Å². The first-order chi connectivity index (χ1) is 8.02. The molecule has 17 heavy (non-hydrogen) atoms. The fourth-order valence-electron chi connectivity index (χ4n) is 3.15. The van der Waals surface area contributed by atoms with E-state index in [0.717, 1.165) is 18.4 Å². The van der Waals surface area contributed by atoms with Gasteiger partial charge in [-0.1, -0.05) is 19.1 Å². The average Bonchev–Trinajstić information content (AvgIpc) is 2.43. The third-order valence-corrected chi connectivity index (χ3v) is 4.16. The second kappa shape index (κ2) is 4.42. The predicted octanol–water partition coefficient (Wildman–Crippen LogP) is 1.89. The molecule has 1 heterocycles. The number of carbonyl (C=O) groups excluding carboxylic acids is 1. The van der Waals surface area contributed by atoms with E-state index in [1.807, 2.05) is 0 Å². The van der Waals surface area contributed by atoms with E-state index in [4.69, 9.17) is 14.2 Å². The summed E-state index contributed by atoms with van der Waals surface area (Å²) in [6, 6.07) is 0. The summed E-state index contributed by atoms with van der Waals surface area (Å²) in [5.74, 6) is -0.333. The van der Waals surface area contributed by atoms with Gasteiger partial charge in [-0.3, -0.25) is 4.79 Å². The van der Waals surface area contributed by atoms with Gasteiger partial charge in [0, 0.05) is 26.1 Å². The molecule has 2 aliphatic rings. The minimum absolute atomic E-state index is 0.0294. The Balaban J connectivity index is 2.23. The Morgan fingerprint density at radius 2 is 2.18 bits per heavy atom. The van der Waals surface area contributed by atoms with Crippen molar-refractivity contribution in [3.8, 4) is 0 Å². The SMILES string of the molecule is C=C1CC[C@@H]2OC(=O)[C@H]1[C@]2(C)CC(OC)OC. The fourth-order valence-corrected chi connectivity index (χ4v) is 3.15. The van der Waals surface area contributed by atoms with Crippen LogP contribution in [0.1, 0.15) is 26.2 Å². The topological polar surface area (TPSA) is 44.8 Å². The Morgan fingerprint density at radius 3 is 2.76 bits per heavy atom. The molecular formula is C13H20O4. The van der Waals surface area contributed by atoms with Crippen LogP contribution in [0.15, 0.2) is 12.2 Å². The van der Waals surface area contributed by atoms with Crippen LogP contribution in [-0.2, 0) is 19.0 Å². The van der Waals surface area contributed by atoms with Crippen molar-refractivity contribution in [1.29, 1.82) is 0 Å². The van der Waals surface area contributed by atoms with Crippen LogP contribution in [-0.4, -0.2) is 32.6 Å². The molecule has 2 fully saturated rings. The minimum Gasteiger partial charge on any atom is -0.461 e. The van der Waals surface area contributed by atoms with Gasteiger partial charge < -0.3 is 14.2 Å². The maximum absolute atomic E-state index is 11.9. The summed E-state index contributed by atoms with van der Waals surface area (Å²) in [5.41, 5.74) is 0.737. The molecule has 0 aromatic rings. The molecule has 96 valence electrons. The van der Waals surface area contributed by atoms with Crippen molar-refractivity contribution in [3.05, 3.63) is 12.2 Å². The highest BCUT2D eigenvalue weighted by Gasteiger charge is 2.57. The molecule has 4 heteroatoms. The van der Waals surface area contributed by atoms with E-state index in [1.54, 1.807) is 14.2 Å². The molecule has 0 N–H and O–H groups in total. The largest absolute Gasteiger partial charge is 0.461 e. The highest BCUT2D eigenvalue weighted by atomic mass is 16.7. The summed E-state index contributed by atoms with van der Waals surface area (Å²) < 4.78 is 15.9. The summed E-state index contributed by atoms with van der Waals surface area (Å²) in [5, 5.41) is 0. The Labute approximate surface area is 102 Å². The van der Waals surface area contributed by atoms with E-state index >= 15 is 0 Å². The zero-order valence-electron chi connectivity index (χ0n) is 10.7. The van der Waals surface area contributed by atoms with Gasteiger partial charge in [-0.05, 0) is 12.8 Å². The molecule has 4 nitrogen and oxygen atoms in total.